The van der Waals surface area contributed by atoms with E-state index >= 15 is 0 Å². The van der Waals surface area contributed by atoms with Crippen LogP contribution in [-0.4, -0.2) is 5.90 Å². The van der Waals surface area contributed by atoms with E-state index in [-0.39, 0.29) is 5.90 Å². The molecule has 0 unspecified atom stereocenters. The van der Waals surface area contributed by atoms with Crippen molar-refractivity contribution < 1.29 is 4.74 Å². The SMILES string of the molecule is N=C1OCc2cc(Cl)ccc21. The van der Waals surface area contributed by atoms with Gasteiger partial charge in [0.25, 0.3) is 0 Å². The maximum absolute atomic E-state index is 7.34. The lowest BCUT2D eigenvalue weighted by atomic mass is 10.1. The Bertz CT molecular complexity index is 322. The van der Waals surface area contributed by atoms with Crippen molar-refractivity contribution >= 4 is 17.5 Å². The number of benzene rings is 1. The average molecular weight is 168 g/mol. The fourth-order valence-corrected chi connectivity index (χ4v) is 1.33. The second-order valence-corrected chi connectivity index (χ2v) is 2.86. The molecular formula is C8H6ClNO. The second kappa shape index (κ2) is 2.24. The van der Waals surface area contributed by atoms with Gasteiger partial charge < -0.3 is 4.74 Å². The second-order valence-electron chi connectivity index (χ2n) is 2.42. The number of rotatable bonds is 0. The van der Waals surface area contributed by atoms with E-state index in [4.69, 9.17) is 21.7 Å². The molecule has 1 heterocycles. The summed E-state index contributed by atoms with van der Waals surface area (Å²) in [6.07, 6.45) is 0. The van der Waals surface area contributed by atoms with Crippen molar-refractivity contribution in [1.29, 1.82) is 5.41 Å². The Morgan fingerprint density at radius 2 is 2.27 bits per heavy atom. The van der Waals surface area contributed by atoms with E-state index in [1.54, 1.807) is 6.07 Å². The Hall–Kier alpha value is -1.02. The van der Waals surface area contributed by atoms with Crippen molar-refractivity contribution in [2.45, 2.75) is 6.61 Å². The Morgan fingerprint density at radius 1 is 1.45 bits per heavy atom. The molecule has 1 aromatic carbocycles. The molecule has 2 rings (SSSR count). The zero-order valence-corrected chi connectivity index (χ0v) is 6.48. The van der Waals surface area contributed by atoms with Crippen molar-refractivity contribution in [3.63, 3.8) is 0 Å². The zero-order valence-electron chi connectivity index (χ0n) is 5.73. The Balaban J connectivity index is 2.59. The van der Waals surface area contributed by atoms with Crippen LogP contribution in [0.3, 0.4) is 0 Å². The number of ether oxygens (including phenoxy) is 1. The third-order valence-electron chi connectivity index (χ3n) is 1.68. The van der Waals surface area contributed by atoms with Crippen molar-refractivity contribution in [3.8, 4) is 0 Å². The molecule has 0 atom stereocenters. The van der Waals surface area contributed by atoms with Crippen LogP contribution in [-0.2, 0) is 11.3 Å². The first-order valence-electron chi connectivity index (χ1n) is 3.27. The number of hydrogen-bond acceptors (Lipinski definition) is 2. The van der Waals surface area contributed by atoms with Gasteiger partial charge in [-0.05, 0) is 18.2 Å². The molecule has 1 aliphatic rings. The van der Waals surface area contributed by atoms with E-state index in [1.165, 1.54) is 0 Å². The van der Waals surface area contributed by atoms with Crippen molar-refractivity contribution in [2.24, 2.45) is 0 Å². The lowest BCUT2D eigenvalue weighted by molar-refractivity contribution is 0.310. The van der Waals surface area contributed by atoms with E-state index in [1.807, 2.05) is 12.1 Å². The maximum Gasteiger partial charge on any atom is 0.213 e. The lowest BCUT2D eigenvalue weighted by Crippen LogP contribution is -1.92. The molecule has 0 saturated heterocycles. The number of fused-ring (bicyclic) bond motifs is 1. The van der Waals surface area contributed by atoms with Gasteiger partial charge in [-0.3, -0.25) is 5.41 Å². The van der Waals surface area contributed by atoms with Crippen LogP contribution in [0.1, 0.15) is 11.1 Å². The number of nitrogens with one attached hydrogen (secondary N) is 1. The van der Waals surface area contributed by atoms with Gasteiger partial charge in [0.1, 0.15) is 6.61 Å². The maximum atomic E-state index is 7.34. The van der Waals surface area contributed by atoms with Crippen LogP contribution in [0.15, 0.2) is 18.2 Å². The van der Waals surface area contributed by atoms with E-state index in [0.29, 0.717) is 11.6 Å². The summed E-state index contributed by atoms with van der Waals surface area (Å²) in [5.41, 5.74) is 1.86. The minimum absolute atomic E-state index is 0.247. The molecule has 0 aliphatic carbocycles. The molecule has 3 heteroatoms. The predicted molar refractivity (Wildman–Crippen MR) is 43.1 cm³/mol. The predicted octanol–water partition coefficient (Wildman–Crippen LogP) is 2.20. The molecule has 56 valence electrons. The largest absolute Gasteiger partial charge is 0.473 e. The first-order valence-corrected chi connectivity index (χ1v) is 3.65. The molecular weight excluding hydrogens is 162 g/mol. The molecule has 0 amide bonds. The van der Waals surface area contributed by atoms with Crippen LogP contribution in [0.5, 0.6) is 0 Å². The zero-order chi connectivity index (χ0) is 7.84. The minimum Gasteiger partial charge on any atom is -0.473 e. The summed E-state index contributed by atoms with van der Waals surface area (Å²) < 4.78 is 5.00. The Labute approximate surface area is 69.3 Å². The summed E-state index contributed by atoms with van der Waals surface area (Å²) in [4.78, 5) is 0. The van der Waals surface area contributed by atoms with Crippen LogP contribution in [0, 0.1) is 5.41 Å². The van der Waals surface area contributed by atoms with Gasteiger partial charge in [0.2, 0.25) is 5.90 Å². The summed E-state index contributed by atoms with van der Waals surface area (Å²) in [5, 5.41) is 8.03. The van der Waals surface area contributed by atoms with Crippen LogP contribution in [0.2, 0.25) is 5.02 Å². The van der Waals surface area contributed by atoms with Gasteiger partial charge in [-0.15, -0.1) is 0 Å². The molecule has 0 aromatic heterocycles. The topological polar surface area (TPSA) is 33.1 Å². The summed E-state index contributed by atoms with van der Waals surface area (Å²) in [5.74, 6) is 0.247. The Morgan fingerprint density at radius 3 is 3.09 bits per heavy atom. The van der Waals surface area contributed by atoms with Crippen molar-refractivity contribution in [3.05, 3.63) is 34.3 Å². The first-order chi connectivity index (χ1) is 5.27. The molecule has 0 bridgehead atoms. The van der Waals surface area contributed by atoms with E-state index in [2.05, 4.69) is 0 Å². The van der Waals surface area contributed by atoms with Gasteiger partial charge in [-0.1, -0.05) is 11.6 Å². The fourth-order valence-electron chi connectivity index (χ4n) is 1.13. The van der Waals surface area contributed by atoms with Gasteiger partial charge in [0.15, 0.2) is 0 Å². The van der Waals surface area contributed by atoms with Crippen LogP contribution in [0.4, 0.5) is 0 Å². The fraction of sp³-hybridized carbons (Fsp3) is 0.125. The molecule has 0 fully saturated rings. The van der Waals surface area contributed by atoms with Crippen LogP contribution in [0.25, 0.3) is 0 Å². The minimum atomic E-state index is 0.247. The van der Waals surface area contributed by atoms with Gasteiger partial charge in [-0.2, -0.15) is 0 Å². The molecule has 11 heavy (non-hydrogen) atoms. The summed E-state index contributed by atoms with van der Waals surface area (Å²) in [7, 11) is 0. The molecule has 0 saturated carbocycles. The average Bonchev–Trinajstić information content (AvgIpc) is 2.32. The highest BCUT2D eigenvalue weighted by atomic mass is 35.5. The van der Waals surface area contributed by atoms with Crippen molar-refractivity contribution in [2.75, 3.05) is 0 Å². The molecule has 2 nitrogen and oxygen atoms in total. The van der Waals surface area contributed by atoms with Crippen LogP contribution < -0.4 is 0 Å². The Kier molecular flexibility index (Phi) is 1.36. The monoisotopic (exact) mass is 167 g/mol. The molecule has 1 aliphatic heterocycles. The van der Waals surface area contributed by atoms with Crippen LogP contribution >= 0.6 is 11.6 Å². The lowest BCUT2D eigenvalue weighted by Gasteiger charge is -1.93. The molecule has 0 radical (unpaired) electrons. The third kappa shape index (κ3) is 0.994. The third-order valence-corrected chi connectivity index (χ3v) is 1.92. The highest BCUT2D eigenvalue weighted by Crippen LogP contribution is 2.22. The van der Waals surface area contributed by atoms with E-state index < -0.39 is 0 Å². The quantitative estimate of drug-likeness (QED) is 0.632. The summed E-state index contributed by atoms with van der Waals surface area (Å²) >= 11 is 5.75. The molecule has 0 spiro atoms. The van der Waals surface area contributed by atoms with Crippen molar-refractivity contribution in [1.82, 2.24) is 0 Å². The van der Waals surface area contributed by atoms with Gasteiger partial charge in [0.05, 0.1) is 0 Å². The summed E-state index contributed by atoms with van der Waals surface area (Å²) in [6.45, 7) is 0.481. The standard InChI is InChI=1S/C8H6ClNO/c9-6-1-2-7-5(3-6)4-11-8(7)10/h1-3,10H,4H2. The van der Waals surface area contributed by atoms with E-state index in [9.17, 15) is 0 Å². The highest BCUT2D eigenvalue weighted by molar-refractivity contribution is 6.30. The summed E-state index contributed by atoms with van der Waals surface area (Å²) in [6, 6.07) is 5.41. The van der Waals surface area contributed by atoms with E-state index in [0.717, 1.165) is 11.1 Å². The number of hydrogen-bond donors (Lipinski definition) is 1. The smallest absolute Gasteiger partial charge is 0.213 e. The molecule has 1 N–H and O–H groups in total. The normalized spacial score (nSPS) is 14.5. The first kappa shape index (κ1) is 6.68. The highest BCUT2D eigenvalue weighted by Gasteiger charge is 2.16. The van der Waals surface area contributed by atoms with Gasteiger partial charge in [-0.25, -0.2) is 0 Å². The number of halogens is 1. The van der Waals surface area contributed by atoms with Gasteiger partial charge in [0, 0.05) is 16.1 Å². The molecule has 1 aromatic rings. The van der Waals surface area contributed by atoms with Gasteiger partial charge >= 0.3 is 0 Å².